The maximum atomic E-state index is 14.5. The maximum absolute atomic E-state index is 14.5. The summed E-state index contributed by atoms with van der Waals surface area (Å²) in [5.41, 5.74) is 3.59. The molecule has 33 heavy (non-hydrogen) atoms. The number of hydrogen-bond acceptors (Lipinski definition) is 6. The van der Waals surface area contributed by atoms with Crippen molar-refractivity contribution in [3.8, 4) is 11.3 Å². The smallest absolute Gasteiger partial charge is 0.227 e. The summed E-state index contributed by atoms with van der Waals surface area (Å²) in [5, 5.41) is 7.53. The minimum atomic E-state index is -0.346. The van der Waals surface area contributed by atoms with Gasteiger partial charge in [0.2, 0.25) is 11.9 Å². The zero-order chi connectivity index (χ0) is 23.5. The van der Waals surface area contributed by atoms with Crippen molar-refractivity contribution in [2.75, 3.05) is 25.0 Å². The van der Waals surface area contributed by atoms with Gasteiger partial charge in [-0.2, -0.15) is 5.10 Å². The van der Waals surface area contributed by atoms with E-state index in [0.717, 1.165) is 5.56 Å². The van der Waals surface area contributed by atoms with E-state index >= 15 is 0 Å². The van der Waals surface area contributed by atoms with Gasteiger partial charge in [0, 0.05) is 24.7 Å². The van der Waals surface area contributed by atoms with Crippen molar-refractivity contribution in [2.24, 2.45) is 0 Å². The van der Waals surface area contributed by atoms with Crippen LogP contribution in [-0.2, 0) is 9.53 Å². The summed E-state index contributed by atoms with van der Waals surface area (Å²) in [6.45, 7) is 9.20. The summed E-state index contributed by atoms with van der Waals surface area (Å²) < 4.78 is 22.0. The molecule has 0 bridgehead atoms. The van der Waals surface area contributed by atoms with E-state index in [4.69, 9.17) is 4.74 Å². The van der Waals surface area contributed by atoms with Crippen LogP contribution in [0, 0.1) is 12.7 Å². The highest BCUT2D eigenvalue weighted by atomic mass is 19.1. The average molecular weight is 453 g/mol. The molecule has 0 saturated carbocycles. The Morgan fingerprint density at radius 2 is 2.15 bits per heavy atom. The molecule has 3 aromatic rings. The first kappa shape index (κ1) is 22.8. The lowest BCUT2D eigenvalue weighted by atomic mass is 9.99. The standard InChI is InChI=1S/C24H29FN6O2/c1-5-21(32)30-8-9-33-22(14-30)31-13-18(12-27-31)28-24-26-11-16(4)23(29-24)17-6-7-19(15(2)3)20(25)10-17/h6-7,10-13,15,22H,5,8-9,14H2,1-4H3,(H,26,28,29). The lowest BCUT2D eigenvalue weighted by Gasteiger charge is -2.32. The minimum Gasteiger partial charge on any atom is -0.353 e. The zero-order valence-electron chi connectivity index (χ0n) is 19.4. The monoisotopic (exact) mass is 452 g/mol. The molecular weight excluding hydrogens is 423 g/mol. The molecule has 1 aliphatic rings. The third-order valence-corrected chi connectivity index (χ3v) is 5.72. The molecule has 1 aliphatic heterocycles. The molecular formula is C24H29FN6O2. The van der Waals surface area contributed by atoms with Crippen molar-refractivity contribution in [2.45, 2.75) is 46.3 Å². The lowest BCUT2D eigenvalue weighted by molar-refractivity contribution is -0.143. The quantitative estimate of drug-likeness (QED) is 0.596. The van der Waals surface area contributed by atoms with E-state index in [1.807, 2.05) is 39.8 Å². The SMILES string of the molecule is CCC(=O)N1CCOC(n2cc(Nc3ncc(C)c(-c4ccc(C(C)C)c(F)c4)n3)cn2)C1. The summed E-state index contributed by atoms with van der Waals surface area (Å²) in [4.78, 5) is 22.8. The molecule has 0 aliphatic carbocycles. The molecule has 0 radical (unpaired) electrons. The fourth-order valence-electron chi connectivity index (χ4n) is 3.87. The Balaban J connectivity index is 1.51. The van der Waals surface area contributed by atoms with Crippen LogP contribution in [0.25, 0.3) is 11.3 Å². The summed E-state index contributed by atoms with van der Waals surface area (Å²) in [6, 6.07) is 5.22. The fourth-order valence-corrected chi connectivity index (χ4v) is 3.87. The van der Waals surface area contributed by atoms with Crippen LogP contribution in [-0.4, -0.2) is 50.3 Å². The predicted molar refractivity (Wildman–Crippen MR) is 124 cm³/mol. The van der Waals surface area contributed by atoms with E-state index in [1.165, 1.54) is 6.07 Å². The fraction of sp³-hybridized carbons (Fsp3) is 0.417. The number of amides is 1. The van der Waals surface area contributed by atoms with E-state index in [9.17, 15) is 9.18 Å². The van der Waals surface area contributed by atoms with Gasteiger partial charge in [0.1, 0.15) is 5.82 Å². The molecule has 174 valence electrons. The number of aryl methyl sites for hydroxylation is 1. The van der Waals surface area contributed by atoms with Gasteiger partial charge >= 0.3 is 0 Å². The molecule has 3 heterocycles. The first-order chi connectivity index (χ1) is 15.9. The molecule has 9 heteroatoms. The van der Waals surface area contributed by atoms with Crippen LogP contribution in [0.2, 0.25) is 0 Å². The van der Waals surface area contributed by atoms with Gasteiger partial charge in [-0.3, -0.25) is 4.79 Å². The number of rotatable bonds is 6. The van der Waals surface area contributed by atoms with E-state index in [1.54, 1.807) is 28.2 Å². The number of morpholine rings is 1. The predicted octanol–water partition coefficient (Wildman–Crippen LogP) is 4.42. The largest absolute Gasteiger partial charge is 0.353 e. The van der Waals surface area contributed by atoms with Crippen LogP contribution in [0.4, 0.5) is 16.0 Å². The lowest BCUT2D eigenvalue weighted by Crippen LogP contribution is -2.43. The molecule has 1 N–H and O–H groups in total. The Morgan fingerprint density at radius 3 is 2.88 bits per heavy atom. The first-order valence-electron chi connectivity index (χ1n) is 11.2. The van der Waals surface area contributed by atoms with Crippen LogP contribution in [0.5, 0.6) is 0 Å². The third kappa shape index (κ3) is 5.03. The Labute approximate surface area is 192 Å². The van der Waals surface area contributed by atoms with Crippen molar-refractivity contribution in [1.29, 1.82) is 0 Å². The van der Waals surface area contributed by atoms with Gasteiger partial charge in [-0.15, -0.1) is 0 Å². The van der Waals surface area contributed by atoms with E-state index in [-0.39, 0.29) is 23.9 Å². The molecule has 1 saturated heterocycles. The number of carbonyl (C=O) groups excluding carboxylic acids is 1. The molecule has 1 amide bonds. The maximum Gasteiger partial charge on any atom is 0.227 e. The van der Waals surface area contributed by atoms with E-state index in [2.05, 4.69) is 20.4 Å². The highest BCUT2D eigenvalue weighted by Crippen LogP contribution is 2.27. The van der Waals surface area contributed by atoms with Crippen molar-refractivity contribution in [3.05, 3.63) is 53.7 Å². The Bertz CT molecular complexity index is 1150. The topological polar surface area (TPSA) is 85.2 Å². The summed E-state index contributed by atoms with van der Waals surface area (Å²) in [5.74, 6) is 0.363. The summed E-state index contributed by atoms with van der Waals surface area (Å²) >= 11 is 0. The molecule has 1 atom stereocenters. The Morgan fingerprint density at radius 1 is 1.33 bits per heavy atom. The number of hydrogen-bond donors (Lipinski definition) is 1. The molecule has 4 rings (SSSR count). The zero-order valence-corrected chi connectivity index (χ0v) is 19.4. The molecule has 1 fully saturated rings. The summed E-state index contributed by atoms with van der Waals surface area (Å²) in [7, 11) is 0. The Kier molecular flexibility index (Phi) is 6.69. The Hall–Kier alpha value is -3.33. The number of benzene rings is 1. The van der Waals surface area contributed by atoms with Crippen LogP contribution in [0.15, 0.2) is 36.8 Å². The third-order valence-electron chi connectivity index (χ3n) is 5.72. The van der Waals surface area contributed by atoms with E-state index in [0.29, 0.717) is 54.6 Å². The number of nitrogens with zero attached hydrogens (tertiary/aromatic N) is 5. The van der Waals surface area contributed by atoms with Crippen molar-refractivity contribution in [1.82, 2.24) is 24.6 Å². The van der Waals surface area contributed by atoms with Crippen molar-refractivity contribution >= 4 is 17.5 Å². The van der Waals surface area contributed by atoms with Crippen LogP contribution in [0.3, 0.4) is 0 Å². The van der Waals surface area contributed by atoms with Crippen LogP contribution in [0.1, 0.15) is 50.5 Å². The van der Waals surface area contributed by atoms with E-state index < -0.39 is 0 Å². The number of aromatic nitrogens is 4. The van der Waals surface area contributed by atoms with Crippen LogP contribution >= 0.6 is 0 Å². The number of ether oxygens (including phenoxy) is 1. The highest BCUT2D eigenvalue weighted by molar-refractivity contribution is 5.75. The minimum absolute atomic E-state index is 0.104. The molecule has 1 unspecified atom stereocenters. The molecule has 0 spiro atoms. The summed E-state index contributed by atoms with van der Waals surface area (Å²) in [6.07, 6.45) is 5.29. The van der Waals surface area contributed by atoms with Gasteiger partial charge < -0.3 is 15.0 Å². The highest BCUT2D eigenvalue weighted by Gasteiger charge is 2.25. The van der Waals surface area contributed by atoms with Gasteiger partial charge in [0.05, 0.1) is 36.9 Å². The second-order valence-corrected chi connectivity index (χ2v) is 8.47. The van der Waals surface area contributed by atoms with Crippen molar-refractivity contribution in [3.63, 3.8) is 0 Å². The van der Waals surface area contributed by atoms with Crippen LogP contribution < -0.4 is 5.32 Å². The van der Waals surface area contributed by atoms with Gasteiger partial charge in [0.25, 0.3) is 0 Å². The molecule has 2 aromatic heterocycles. The number of halogens is 1. The normalized spacial score (nSPS) is 16.3. The molecule has 8 nitrogen and oxygen atoms in total. The number of carbonyl (C=O) groups is 1. The van der Waals surface area contributed by atoms with Gasteiger partial charge in [-0.05, 0) is 30.0 Å². The second-order valence-electron chi connectivity index (χ2n) is 8.47. The number of nitrogens with one attached hydrogen (secondary N) is 1. The second kappa shape index (κ2) is 9.66. The van der Waals surface area contributed by atoms with Gasteiger partial charge in [-0.25, -0.2) is 19.0 Å². The van der Waals surface area contributed by atoms with Gasteiger partial charge in [0.15, 0.2) is 6.23 Å². The average Bonchev–Trinajstić information content (AvgIpc) is 3.28. The molecule has 1 aromatic carbocycles. The first-order valence-corrected chi connectivity index (χ1v) is 11.2. The number of anilines is 2. The van der Waals surface area contributed by atoms with Crippen molar-refractivity contribution < 1.29 is 13.9 Å². The van der Waals surface area contributed by atoms with Gasteiger partial charge in [-0.1, -0.05) is 32.9 Å².